The van der Waals surface area contributed by atoms with Gasteiger partial charge in [-0.3, -0.25) is 0 Å². The van der Waals surface area contributed by atoms with Crippen molar-refractivity contribution in [1.29, 1.82) is 0 Å². The average Bonchev–Trinajstić information content (AvgIpc) is 3.10. The normalized spacial score (nSPS) is 10.8. The number of hydrogen-bond donors (Lipinski definition) is 1. The second kappa shape index (κ2) is 6.65. The summed E-state index contributed by atoms with van der Waals surface area (Å²) in [6.45, 7) is 0.725. The van der Waals surface area contributed by atoms with E-state index in [1.807, 2.05) is 65.3 Å². The minimum Gasteiger partial charge on any atom is -0.497 e. The van der Waals surface area contributed by atoms with Gasteiger partial charge in [-0.15, -0.1) is 5.10 Å². The molecular formula is C20H18N4O. The van der Waals surface area contributed by atoms with Crippen molar-refractivity contribution < 1.29 is 4.74 Å². The summed E-state index contributed by atoms with van der Waals surface area (Å²) in [6, 6.07) is 22.1. The zero-order valence-corrected chi connectivity index (χ0v) is 13.9. The molecule has 5 heteroatoms. The molecule has 5 nitrogen and oxygen atoms in total. The molecule has 0 amide bonds. The van der Waals surface area contributed by atoms with Crippen molar-refractivity contribution in [2.24, 2.45) is 0 Å². The molecule has 2 heterocycles. The smallest absolute Gasteiger partial charge is 0.154 e. The largest absolute Gasteiger partial charge is 0.497 e. The van der Waals surface area contributed by atoms with Crippen molar-refractivity contribution in [2.75, 3.05) is 12.4 Å². The second-order valence-corrected chi connectivity index (χ2v) is 5.70. The van der Waals surface area contributed by atoms with Crippen molar-refractivity contribution in [3.8, 4) is 17.0 Å². The molecule has 4 aromatic rings. The van der Waals surface area contributed by atoms with E-state index in [-0.39, 0.29) is 0 Å². The van der Waals surface area contributed by atoms with Gasteiger partial charge in [0.1, 0.15) is 11.6 Å². The Balaban J connectivity index is 1.65. The van der Waals surface area contributed by atoms with Gasteiger partial charge in [0, 0.05) is 12.1 Å². The number of hydrogen-bond acceptors (Lipinski definition) is 4. The Hall–Kier alpha value is -3.34. The van der Waals surface area contributed by atoms with Gasteiger partial charge in [0.2, 0.25) is 0 Å². The topological polar surface area (TPSA) is 51.5 Å². The van der Waals surface area contributed by atoms with Crippen LogP contribution in [0.4, 0.5) is 5.82 Å². The van der Waals surface area contributed by atoms with E-state index in [4.69, 9.17) is 4.74 Å². The Morgan fingerprint density at radius 3 is 2.72 bits per heavy atom. The van der Waals surface area contributed by atoms with Gasteiger partial charge in [-0.25, -0.2) is 9.50 Å². The maximum atomic E-state index is 5.31. The third-order valence-corrected chi connectivity index (χ3v) is 4.04. The Morgan fingerprint density at radius 2 is 1.88 bits per heavy atom. The third-order valence-electron chi connectivity index (χ3n) is 4.04. The van der Waals surface area contributed by atoms with Crippen LogP contribution in [0.15, 0.2) is 72.9 Å². The molecule has 2 aromatic carbocycles. The van der Waals surface area contributed by atoms with E-state index in [9.17, 15) is 0 Å². The zero-order chi connectivity index (χ0) is 17.1. The molecule has 0 spiro atoms. The predicted octanol–water partition coefficient (Wildman–Crippen LogP) is 4.02. The lowest BCUT2D eigenvalue weighted by atomic mass is 10.1. The molecule has 4 rings (SSSR count). The number of rotatable bonds is 5. The van der Waals surface area contributed by atoms with Gasteiger partial charge in [0.25, 0.3) is 0 Å². The molecule has 0 bridgehead atoms. The summed E-state index contributed by atoms with van der Waals surface area (Å²) in [7, 11) is 1.66. The van der Waals surface area contributed by atoms with Crippen LogP contribution in [0.3, 0.4) is 0 Å². The number of fused-ring (bicyclic) bond motifs is 1. The minimum absolute atomic E-state index is 0.725. The molecule has 0 saturated carbocycles. The van der Waals surface area contributed by atoms with Gasteiger partial charge in [-0.05, 0) is 29.8 Å². The van der Waals surface area contributed by atoms with Gasteiger partial charge < -0.3 is 10.1 Å². The van der Waals surface area contributed by atoms with Gasteiger partial charge >= 0.3 is 0 Å². The molecule has 0 aliphatic rings. The highest BCUT2D eigenvalue weighted by Gasteiger charge is 2.09. The number of methoxy groups -OCH3 is 1. The lowest BCUT2D eigenvalue weighted by Crippen LogP contribution is -2.04. The Bertz CT molecular complexity index is 995. The summed E-state index contributed by atoms with van der Waals surface area (Å²) < 4.78 is 7.16. The Labute approximate surface area is 145 Å². The first-order valence-electron chi connectivity index (χ1n) is 8.10. The van der Waals surface area contributed by atoms with Crippen LogP contribution in [-0.4, -0.2) is 21.7 Å². The minimum atomic E-state index is 0.725. The SMILES string of the molecule is COc1cccc(-c2cnc3ccc(NCc4ccccc4)nn23)c1. The van der Waals surface area contributed by atoms with Gasteiger partial charge in [0.15, 0.2) is 5.65 Å². The summed E-state index contributed by atoms with van der Waals surface area (Å²) in [5.74, 6) is 1.62. The van der Waals surface area contributed by atoms with Crippen LogP contribution in [0, 0.1) is 0 Å². The molecular weight excluding hydrogens is 312 g/mol. The highest BCUT2D eigenvalue weighted by Crippen LogP contribution is 2.24. The molecule has 0 aliphatic heterocycles. The second-order valence-electron chi connectivity index (χ2n) is 5.70. The molecule has 25 heavy (non-hydrogen) atoms. The zero-order valence-electron chi connectivity index (χ0n) is 13.9. The van der Waals surface area contributed by atoms with E-state index in [0.29, 0.717) is 0 Å². The van der Waals surface area contributed by atoms with E-state index in [0.717, 1.165) is 35.0 Å². The quantitative estimate of drug-likeness (QED) is 0.600. The van der Waals surface area contributed by atoms with Crippen molar-refractivity contribution in [3.05, 3.63) is 78.5 Å². The van der Waals surface area contributed by atoms with E-state index in [1.54, 1.807) is 7.11 Å². The van der Waals surface area contributed by atoms with Crippen LogP contribution in [0.25, 0.3) is 16.9 Å². The lowest BCUT2D eigenvalue weighted by molar-refractivity contribution is 0.415. The summed E-state index contributed by atoms with van der Waals surface area (Å²) in [4.78, 5) is 4.44. The van der Waals surface area contributed by atoms with Crippen LogP contribution in [0.1, 0.15) is 5.56 Å². The molecule has 2 aromatic heterocycles. The van der Waals surface area contributed by atoms with Gasteiger partial charge in [-0.1, -0.05) is 42.5 Å². The molecule has 0 saturated heterocycles. The third kappa shape index (κ3) is 3.17. The fourth-order valence-electron chi connectivity index (χ4n) is 2.74. The molecule has 1 N–H and O–H groups in total. The van der Waals surface area contributed by atoms with Crippen LogP contribution < -0.4 is 10.1 Å². The number of benzene rings is 2. The summed E-state index contributed by atoms with van der Waals surface area (Å²) in [5.41, 5.74) is 3.96. The van der Waals surface area contributed by atoms with Gasteiger partial charge in [0.05, 0.1) is 19.0 Å². The standard InChI is InChI=1S/C20H18N4O/c1-25-17-9-5-8-16(12-17)18-14-22-20-11-10-19(23-24(18)20)21-13-15-6-3-2-4-7-15/h2-12,14H,13H2,1H3,(H,21,23). The van der Waals surface area contributed by atoms with Crippen molar-refractivity contribution in [2.45, 2.75) is 6.54 Å². The number of anilines is 1. The molecule has 124 valence electrons. The number of nitrogens with zero attached hydrogens (tertiary/aromatic N) is 3. The molecule has 0 radical (unpaired) electrons. The molecule has 0 atom stereocenters. The Kier molecular flexibility index (Phi) is 4.04. The number of imidazole rings is 1. The van der Waals surface area contributed by atoms with E-state index >= 15 is 0 Å². The molecule has 0 unspecified atom stereocenters. The molecule has 0 fully saturated rings. The average molecular weight is 330 g/mol. The predicted molar refractivity (Wildman–Crippen MR) is 98.7 cm³/mol. The monoisotopic (exact) mass is 330 g/mol. The lowest BCUT2D eigenvalue weighted by Gasteiger charge is -2.08. The first-order valence-corrected chi connectivity index (χ1v) is 8.10. The first-order chi connectivity index (χ1) is 12.3. The highest BCUT2D eigenvalue weighted by atomic mass is 16.5. The van der Waals surface area contributed by atoms with Crippen LogP contribution in [0.2, 0.25) is 0 Å². The summed E-state index contributed by atoms with van der Waals surface area (Å²) >= 11 is 0. The maximum absolute atomic E-state index is 5.31. The fourth-order valence-corrected chi connectivity index (χ4v) is 2.74. The fraction of sp³-hybridized carbons (Fsp3) is 0.100. The number of nitrogens with one attached hydrogen (secondary N) is 1. The van der Waals surface area contributed by atoms with Crippen molar-refractivity contribution in [1.82, 2.24) is 14.6 Å². The highest BCUT2D eigenvalue weighted by molar-refractivity contribution is 5.65. The van der Waals surface area contributed by atoms with E-state index < -0.39 is 0 Å². The van der Waals surface area contributed by atoms with Crippen LogP contribution in [-0.2, 0) is 6.54 Å². The number of aromatic nitrogens is 3. The molecule has 0 aliphatic carbocycles. The maximum Gasteiger partial charge on any atom is 0.154 e. The summed E-state index contributed by atoms with van der Waals surface area (Å²) in [5, 5.41) is 8.04. The van der Waals surface area contributed by atoms with Crippen LogP contribution >= 0.6 is 0 Å². The van der Waals surface area contributed by atoms with Crippen molar-refractivity contribution >= 4 is 11.5 Å². The van der Waals surface area contributed by atoms with Gasteiger partial charge in [-0.2, -0.15) is 0 Å². The van der Waals surface area contributed by atoms with E-state index in [1.165, 1.54) is 5.56 Å². The van der Waals surface area contributed by atoms with Crippen molar-refractivity contribution in [3.63, 3.8) is 0 Å². The summed E-state index contributed by atoms with van der Waals surface area (Å²) in [6.07, 6.45) is 1.83. The number of ether oxygens (including phenoxy) is 1. The van der Waals surface area contributed by atoms with Crippen LogP contribution in [0.5, 0.6) is 5.75 Å². The first kappa shape index (κ1) is 15.2. The Morgan fingerprint density at radius 1 is 1.00 bits per heavy atom. The van der Waals surface area contributed by atoms with E-state index in [2.05, 4.69) is 27.5 Å².